The summed E-state index contributed by atoms with van der Waals surface area (Å²) in [6.07, 6.45) is 5.44. The first kappa shape index (κ1) is 8.75. The number of ether oxygens (including phenoxy) is 1. The van der Waals surface area contributed by atoms with Gasteiger partial charge in [-0.05, 0) is 30.5 Å². The summed E-state index contributed by atoms with van der Waals surface area (Å²) in [5.74, 6) is 0. The van der Waals surface area contributed by atoms with Crippen molar-refractivity contribution in [3.8, 4) is 0 Å². The van der Waals surface area contributed by atoms with Gasteiger partial charge in [0, 0.05) is 5.02 Å². The SMILES string of the molecule is Clc1cccc(C23CCCCC2O3)c1. The average Bonchev–Trinajstić information content (AvgIpc) is 2.93. The molecule has 1 nitrogen and oxygen atoms in total. The molecule has 0 spiro atoms. The van der Waals surface area contributed by atoms with Gasteiger partial charge >= 0.3 is 0 Å². The highest BCUT2D eigenvalue weighted by Crippen LogP contribution is 2.55. The lowest BCUT2D eigenvalue weighted by molar-refractivity contribution is 0.289. The van der Waals surface area contributed by atoms with Crippen molar-refractivity contribution >= 4 is 11.6 Å². The normalized spacial score (nSPS) is 35.1. The van der Waals surface area contributed by atoms with E-state index in [0.29, 0.717) is 6.10 Å². The van der Waals surface area contributed by atoms with Crippen LogP contribution in [-0.2, 0) is 10.3 Å². The first-order chi connectivity index (χ1) is 6.81. The lowest BCUT2D eigenvalue weighted by Gasteiger charge is -2.17. The van der Waals surface area contributed by atoms with E-state index in [2.05, 4.69) is 6.07 Å². The number of fused-ring (bicyclic) bond motifs is 1. The molecule has 14 heavy (non-hydrogen) atoms. The number of hydrogen-bond donors (Lipinski definition) is 0. The van der Waals surface area contributed by atoms with Gasteiger partial charge in [0.05, 0.1) is 6.10 Å². The molecule has 74 valence electrons. The Balaban J connectivity index is 1.95. The van der Waals surface area contributed by atoms with Crippen LogP contribution in [0.15, 0.2) is 24.3 Å². The summed E-state index contributed by atoms with van der Waals surface area (Å²) in [4.78, 5) is 0. The number of epoxide rings is 1. The molecular formula is C12H13ClO. The van der Waals surface area contributed by atoms with Gasteiger partial charge in [0.1, 0.15) is 5.60 Å². The van der Waals surface area contributed by atoms with Gasteiger partial charge in [-0.3, -0.25) is 0 Å². The largest absolute Gasteiger partial charge is 0.361 e. The quantitative estimate of drug-likeness (QED) is 0.644. The molecular weight excluding hydrogens is 196 g/mol. The van der Waals surface area contributed by atoms with Gasteiger partial charge in [-0.2, -0.15) is 0 Å². The molecule has 1 saturated heterocycles. The summed E-state index contributed by atoms with van der Waals surface area (Å²) < 4.78 is 5.85. The van der Waals surface area contributed by atoms with Crippen molar-refractivity contribution in [2.75, 3.05) is 0 Å². The second-order valence-electron chi connectivity index (χ2n) is 4.25. The molecule has 2 atom stereocenters. The van der Waals surface area contributed by atoms with Crippen molar-refractivity contribution in [2.24, 2.45) is 0 Å². The highest BCUT2D eigenvalue weighted by atomic mass is 35.5. The summed E-state index contributed by atoms with van der Waals surface area (Å²) in [6.45, 7) is 0. The summed E-state index contributed by atoms with van der Waals surface area (Å²) in [6, 6.07) is 8.12. The number of hydrogen-bond acceptors (Lipinski definition) is 1. The van der Waals surface area contributed by atoms with Gasteiger partial charge in [0.15, 0.2) is 0 Å². The van der Waals surface area contributed by atoms with Crippen LogP contribution in [0.4, 0.5) is 0 Å². The molecule has 0 N–H and O–H groups in total. The predicted molar refractivity (Wildman–Crippen MR) is 56.5 cm³/mol. The van der Waals surface area contributed by atoms with Gasteiger partial charge in [-0.25, -0.2) is 0 Å². The zero-order valence-corrected chi connectivity index (χ0v) is 8.76. The fourth-order valence-corrected chi connectivity index (χ4v) is 2.79. The molecule has 2 heteroatoms. The summed E-state index contributed by atoms with van der Waals surface area (Å²) >= 11 is 5.99. The molecule has 1 aliphatic carbocycles. The van der Waals surface area contributed by atoms with E-state index < -0.39 is 0 Å². The maximum absolute atomic E-state index is 5.99. The maximum atomic E-state index is 5.99. The second-order valence-corrected chi connectivity index (χ2v) is 4.69. The molecule has 0 aromatic heterocycles. The van der Waals surface area contributed by atoms with Gasteiger partial charge in [0.2, 0.25) is 0 Å². The van der Waals surface area contributed by atoms with E-state index in [9.17, 15) is 0 Å². The molecule has 1 aromatic carbocycles. The third-order valence-corrected chi connectivity index (χ3v) is 3.63. The Morgan fingerprint density at radius 3 is 3.07 bits per heavy atom. The Morgan fingerprint density at radius 2 is 2.29 bits per heavy atom. The average molecular weight is 209 g/mol. The minimum Gasteiger partial charge on any atom is -0.361 e. The Bertz CT molecular complexity index is 363. The standard InChI is InChI=1S/C12H13ClO/c13-10-5-3-4-9(8-10)12-7-2-1-6-11(12)14-12/h3-5,8,11H,1-2,6-7H2. The Morgan fingerprint density at radius 1 is 1.36 bits per heavy atom. The highest BCUT2D eigenvalue weighted by Gasteiger charge is 2.58. The topological polar surface area (TPSA) is 12.5 Å². The van der Waals surface area contributed by atoms with Crippen LogP contribution in [0.25, 0.3) is 0 Å². The molecule has 0 amide bonds. The lowest BCUT2D eigenvalue weighted by Crippen LogP contribution is -2.16. The van der Waals surface area contributed by atoms with E-state index in [4.69, 9.17) is 16.3 Å². The third kappa shape index (κ3) is 1.19. The van der Waals surface area contributed by atoms with Crippen molar-refractivity contribution in [2.45, 2.75) is 37.4 Å². The van der Waals surface area contributed by atoms with Gasteiger partial charge < -0.3 is 4.74 Å². The minimum absolute atomic E-state index is 0.0448. The molecule has 3 rings (SSSR count). The van der Waals surface area contributed by atoms with Crippen LogP contribution in [0.2, 0.25) is 5.02 Å². The van der Waals surface area contributed by atoms with Crippen molar-refractivity contribution in [3.63, 3.8) is 0 Å². The van der Waals surface area contributed by atoms with Crippen LogP contribution in [-0.4, -0.2) is 6.10 Å². The Hall–Kier alpha value is -0.530. The first-order valence-corrected chi connectivity index (χ1v) is 5.63. The third-order valence-electron chi connectivity index (χ3n) is 3.39. The molecule has 1 aromatic rings. The van der Waals surface area contributed by atoms with Crippen molar-refractivity contribution in [1.29, 1.82) is 0 Å². The lowest BCUT2D eigenvalue weighted by atomic mass is 9.84. The van der Waals surface area contributed by atoms with E-state index in [1.807, 2.05) is 18.2 Å². The Kier molecular flexibility index (Phi) is 1.86. The molecule has 2 aliphatic rings. The summed E-state index contributed by atoms with van der Waals surface area (Å²) in [7, 11) is 0. The van der Waals surface area contributed by atoms with Gasteiger partial charge in [-0.15, -0.1) is 0 Å². The summed E-state index contributed by atoms with van der Waals surface area (Å²) in [5.41, 5.74) is 1.32. The van der Waals surface area contributed by atoms with Crippen LogP contribution >= 0.6 is 11.6 Å². The van der Waals surface area contributed by atoms with E-state index >= 15 is 0 Å². The van der Waals surface area contributed by atoms with Crippen molar-refractivity contribution < 1.29 is 4.74 Å². The van der Waals surface area contributed by atoms with Crippen LogP contribution in [0.1, 0.15) is 31.2 Å². The highest BCUT2D eigenvalue weighted by molar-refractivity contribution is 6.30. The van der Waals surface area contributed by atoms with Crippen molar-refractivity contribution in [1.82, 2.24) is 0 Å². The second kappa shape index (κ2) is 2.98. The fraction of sp³-hybridized carbons (Fsp3) is 0.500. The van der Waals surface area contributed by atoms with Crippen molar-refractivity contribution in [3.05, 3.63) is 34.9 Å². The smallest absolute Gasteiger partial charge is 0.120 e. The molecule has 2 unspecified atom stereocenters. The summed E-state index contributed by atoms with van der Waals surface area (Å²) in [5, 5.41) is 0.816. The maximum Gasteiger partial charge on any atom is 0.120 e. The van der Waals surface area contributed by atoms with Crippen LogP contribution < -0.4 is 0 Å². The molecule has 0 bridgehead atoms. The van der Waals surface area contributed by atoms with E-state index in [1.54, 1.807) is 0 Å². The van der Waals surface area contributed by atoms with E-state index in [1.165, 1.54) is 24.8 Å². The van der Waals surface area contributed by atoms with Crippen LogP contribution in [0, 0.1) is 0 Å². The molecule has 2 fully saturated rings. The van der Waals surface area contributed by atoms with Crippen LogP contribution in [0.5, 0.6) is 0 Å². The monoisotopic (exact) mass is 208 g/mol. The predicted octanol–water partition coefficient (Wildman–Crippen LogP) is 3.51. The number of halogens is 1. The van der Waals surface area contributed by atoms with Gasteiger partial charge in [-0.1, -0.05) is 36.6 Å². The zero-order chi connectivity index (χ0) is 9.60. The Labute approximate surface area is 89.0 Å². The van der Waals surface area contributed by atoms with Gasteiger partial charge in [0.25, 0.3) is 0 Å². The molecule has 0 radical (unpaired) electrons. The number of rotatable bonds is 1. The van der Waals surface area contributed by atoms with E-state index in [0.717, 1.165) is 11.4 Å². The zero-order valence-electron chi connectivity index (χ0n) is 8.00. The first-order valence-electron chi connectivity index (χ1n) is 5.25. The number of benzene rings is 1. The fourth-order valence-electron chi connectivity index (χ4n) is 2.60. The van der Waals surface area contributed by atoms with Crippen LogP contribution in [0.3, 0.4) is 0 Å². The molecule has 1 saturated carbocycles. The molecule has 1 heterocycles. The van der Waals surface area contributed by atoms with E-state index in [-0.39, 0.29) is 5.60 Å². The minimum atomic E-state index is 0.0448. The molecule has 1 aliphatic heterocycles.